The molecule has 4 rings (SSSR count). The van der Waals surface area contributed by atoms with Crippen molar-refractivity contribution in [3.8, 4) is 0 Å². The van der Waals surface area contributed by atoms with Crippen LogP contribution in [0.15, 0.2) is 5.38 Å². The van der Waals surface area contributed by atoms with E-state index in [0.717, 1.165) is 19.3 Å². The van der Waals surface area contributed by atoms with E-state index in [1.807, 2.05) is 0 Å². The quantitative estimate of drug-likeness (QED) is 0.577. The van der Waals surface area contributed by atoms with Crippen LogP contribution in [0.1, 0.15) is 68.4 Å². The fraction of sp³-hybridized carbons (Fsp3) is 0.750. The van der Waals surface area contributed by atoms with Crippen LogP contribution < -0.4 is 0 Å². The highest BCUT2D eigenvalue weighted by Gasteiger charge is 2.65. The molecule has 1 aromatic rings. The normalized spacial score (nSPS) is 28.3. The molecule has 2 bridgehead atoms. The van der Waals surface area contributed by atoms with Crippen LogP contribution in [0.3, 0.4) is 0 Å². The topological polar surface area (TPSA) is 93.6 Å². The molecule has 0 radical (unpaired) electrons. The van der Waals surface area contributed by atoms with Gasteiger partial charge in [0.2, 0.25) is 10.0 Å². The molecule has 0 N–H and O–H groups in total. The Morgan fingerprint density at radius 1 is 1.34 bits per heavy atom. The van der Waals surface area contributed by atoms with E-state index in [-0.39, 0.29) is 47.8 Å². The maximum atomic E-state index is 13.5. The lowest BCUT2D eigenvalue weighted by molar-refractivity contribution is -0.128. The zero-order valence-electron chi connectivity index (χ0n) is 17.1. The van der Waals surface area contributed by atoms with Crippen LogP contribution in [0.25, 0.3) is 0 Å². The van der Waals surface area contributed by atoms with Crippen LogP contribution in [0.4, 0.5) is 0 Å². The van der Waals surface area contributed by atoms with Crippen molar-refractivity contribution in [2.45, 2.75) is 65.5 Å². The third-order valence-corrected chi connectivity index (χ3v) is 10.0. The first kappa shape index (κ1) is 20.9. The molecule has 1 heterocycles. The molecule has 9 heteroatoms. The Morgan fingerprint density at radius 3 is 2.62 bits per heavy atom. The average molecular weight is 441 g/mol. The Morgan fingerprint density at radius 2 is 2.07 bits per heavy atom. The van der Waals surface area contributed by atoms with Crippen LogP contribution in [0.2, 0.25) is 0 Å². The Bertz CT molecular complexity index is 934. The summed E-state index contributed by atoms with van der Waals surface area (Å²) in [5.41, 5.74) is -0.850. The van der Waals surface area contributed by atoms with Crippen LogP contribution in [-0.2, 0) is 26.1 Å². The van der Waals surface area contributed by atoms with Crippen molar-refractivity contribution in [3.63, 3.8) is 0 Å². The van der Waals surface area contributed by atoms with Crippen molar-refractivity contribution >= 4 is 33.1 Å². The monoisotopic (exact) mass is 440 g/mol. The van der Waals surface area contributed by atoms with Crippen LogP contribution in [0.5, 0.6) is 0 Å². The third kappa shape index (κ3) is 3.45. The smallest absolute Gasteiger partial charge is 0.357 e. The van der Waals surface area contributed by atoms with Crippen molar-refractivity contribution < 1.29 is 22.7 Å². The minimum absolute atomic E-state index is 0.0387. The fourth-order valence-electron chi connectivity index (χ4n) is 5.14. The molecule has 29 heavy (non-hydrogen) atoms. The van der Waals surface area contributed by atoms with E-state index >= 15 is 0 Å². The number of nitrogens with zero attached hydrogens (tertiary/aromatic N) is 2. The van der Waals surface area contributed by atoms with Gasteiger partial charge < -0.3 is 4.74 Å². The highest BCUT2D eigenvalue weighted by atomic mass is 32.2. The number of esters is 1. The van der Waals surface area contributed by atoms with Gasteiger partial charge in [0.15, 0.2) is 5.69 Å². The summed E-state index contributed by atoms with van der Waals surface area (Å²) in [7, 11) is -3.65. The molecule has 160 valence electrons. The minimum Gasteiger partial charge on any atom is -0.461 e. The molecule has 0 aromatic carbocycles. The highest BCUT2D eigenvalue weighted by molar-refractivity contribution is 7.89. The van der Waals surface area contributed by atoms with E-state index < -0.39 is 21.4 Å². The first-order chi connectivity index (χ1) is 13.6. The van der Waals surface area contributed by atoms with Gasteiger partial charge in [0.1, 0.15) is 10.8 Å². The van der Waals surface area contributed by atoms with Crippen molar-refractivity contribution in [2.24, 2.45) is 16.7 Å². The summed E-state index contributed by atoms with van der Waals surface area (Å²) < 4.78 is 33.5. The fourth-order valence-corrected chi connectivity index (χ4v) is 8.43. The van der Waals surface area contributed by atoms with E-state index in [1.54, 1.807) is 12.3 Å². The lowest BCUT2D eigenvalue weighted by Gasteiger charge is -2.37. The number of thiazole rings is 1. The summed E-state index contributed by atoms with van der Waals surface area (Å²) in [4.78, 5) is 29.0. The average Bonchev–Trinajstić information content (AvgIpc) is 3.27. The molecule has 2 unspecified atom stereocenters. The molecule has 2 atom stereocenters. The lowest BCUT2D eigenvalue weighted by atomic mass is 9.70. The number of rotatable bonds is 8. The van der Waals surface area contributed by atoms with Gasteiger partial charge in [0, 0.05) is 23.3 Å². The number of fused-ring (bicyclic) bond motifs is 2. The summed E-state index contributed by atoms with van der Waals surface area (Å²) in [5, 5.41) is 2.18. The molecule has 0 saturated heterocycles. The number of hydrogen-bond acceptors (Lipinski definition) is 7. The molecular formula is C20H28N2O5S2. The van der Waals surface area contributed by atoms with Crippen molar-refractivity contribution in [1.82, 2.24) is 9.29 Å². The number of Topliss-reactive ketones (excluding diaryl/α,β-unsaturated/α-hetero) is 1. The first-order valence-electron chi connectivity index (χ1n) is 10.2. The largest absolute Gasteiger partial charge is 0.461 e. The number of carbonyl (C=O) groups is 2. The van der Waals surface area contributed by atoms with E-state index in [9.17, 15) is 18.0 Å². The third-order valence-electron chi connectivity index (χ3n) is 7.21. The van der Waals surface area contributed by atoms with Gasteiger partial charge in [0.25, 0.3) is 0 Å². The molecular weight excluding hydrogens is 412 g/mol. The second-order valence-corrected chi connectivity index (χ2v) is 11.9. The Hall–Kier alpha value is -1.32. The second kappa shape index (κ2) is 7.13. The molecule has 7 nitrogen and oxygen atoms in total. The zero-order valence-corrected chi connectivity index (χ0v) is 18.8. The van der Waals surface area contributed by atoms with Crippen molar-refractivity contribution in [3.05, 3.63) is 16.1 Å². The maximum absolute atomic E-state index is 13.5. The molecule has 3 aliphatic rings. The number of hydrogen-bond donors (Lipinski definition) is 0. The number of aromatic nitrogens is 1. The zero-order chi connectivity index (χ0) is 21.0. The number of ether oxygens (including phenoxy) is 1. The van der Waals surface area contributed by atoms with Crippen molar-refractivity contribution in [2.75, 3.05) is 12.4 Å². The molecule has 0 aliphatic heterocycles. The second-order valence-electron chi connectivity index (χ2n) is 9.05. The lowest BCUT2D eigenvalue weighted by Crippen LogP contribution is -2.47. The standard InChI is InChI=1S/C20H28N2O5S2/c1-4-27-18(24)15-11-28-17(21-15)10-22(14-5-6-14)29(25,26)12-20-8-7-13(9-16(20)23)19(20,2)3/h11,13-14H,4-10,12H2,1-3H3. The predicted molar refractivity (Wildman–Crippen MR) is 109 cm³/mol. The summed E-state index contributed by atoms with van der Waals surface area (Å²) in [6.45, 7) is 6.25. The first-order valence-corrected chi connectivity index (χ1v) is 12.7. The van der Waals surface area contributed by atoms with Gasteiger partial charge in [-0.1, -0.05) is 13.8 Å². The maximum Gasteiger partial charge on any atom is 0.357 e. The summed E-state index contributed by atoms with van der Waals surface area (Å²) in [6.07, 6.45) is 3.73. The molecule has 1 aromatic heterocycles. The van der Waals surface area contributed by atoms with Gasteiger partial charge in [-0.15, -0.1) is 11.3 Å². The van der Waals surface area contributed by atoms with E-state index in [1.165, 1.54) is 15.6 Å². The van der Waals surface area contributed by atoms with Gasteiger partial charge in [-0.05, 0) is 43.9 Å². The van der Waals surface area contributed by atoms with Gasteiger partial charge in [-0.25, -0.2) is 18.2 Å². The van der Waals surface area contributed by atoms with Gasteiger partial charge in [-0.2, -0.15) is 4.31 Å². The minimum atomic E-state index is -3.65. The van der Waals surface area contributed by atoms with E-state index in [4.69, 9.17) is 4.74 Å². The van der Waals surface area contributed by atoms with Crippen LogP contribution >= 0.6 is 11.3 Å². The summed E-state index contributed by atoms with van der Waals surface area (Å²) in [6, 6.07) is -0.0387. The molecule has 0 spiro atoms. The SMILES string of the molecule is CCOC(=O)c1csc(CN(C2CC2)S(=O)(=O)CC23CCC(CC2=O)C3(C)C)n1. The predicted octanol–water partition coefficient (Wildman–Crippen LogP) is 3.01. The Kier molecular flexibility index (Phi) is 5.15. The van der Waals surface area contributed by atoms with Crippen LogP contribution in [-0.4, -0.2) is 47.9 Å². The summed E-state index contributed by atoms with van der Waals surface area (Å²) >= 11 is 1.26. The number of ketones is 1. The molecule has 3 fully saturated rings. The van der Waals surface area contributed by atoms with Gasteiger partial charge >= 0.3 is 5.97 Å². The van der Waals surface area contributed by atoms with Gasteiger partial charge in [0.05, 0.1) is 18.9 Å². The highest BCUT2D eigenvalue weighted by Crippen LogP contribution is 2.64. The van der Waals surface area contributed by atoms with E-state index in [2.05, 4.69) is 18.8 Å². The molecule has 3 saturated carbocycles. The van der Waals surface area contributed by atoms with Crippen molar-refractivity contribution in [1.29, 1.82) is 0 Å². The van der Waals surface area contributed by atoms with Crippen LogP contribution in [0, 0.1) is 16.7 Å². The molecule has 0 amide bonds. The number of carbonyl (C=O) groups excluding carboxylic acids is 2. The molecule has 3 aliphatic carbocycles. The van der Waals surface area contributed by atoms with Gasteiger partial charge in [-0.3, -0.25) is 4.79 Å². The number of sulfonamides is 1. The Labute approximate surface area is 175 Å². The van der Waals surface area contributed by atoms with E-state index in [0.29, 0.717) is 17.8 Å². The Balaban J connectivity index is 1.56. The summed E-state index contributed by atoms with van der Waals surface area (Å²) in [5.74, 6) is -0.220.